The van der Waals surface area contributed by atoms with E-state index in [0.717, 1.165) is 25.7 Å². The van der Waals surface area contributed by atoms with Gasteiger partial charge in [-0.1, -0.05) is 32.3 Å². The van der Waals surface area contributed by atoms with Gasteiger partial charge in [0.1, 0.15) is 5.75 Å². The summed E-state index contributed by atoms with van der Waals surface area (Å²) in [6, 6.07) is 7.36. The van der Waals surface area contributed by atoms with Crippen LogP contribution in [-0.4, -0.2) is 43.6 Å². The lowest BCUT2D eigenvalue weighted by atomic mass is 9.93. The van der Waals surface area contributed by atoms with Crippen molar-refractivity contribution >= 4 is 11.9 Å². The van der Waals surface area contributed by atoms with Gasteiger partial charge in [-0.3, -0.25) is 9.59 Å². The molecule has 0 aromatic heterocycles. The minimum atomic E-state index is -0.341. The van der Waals surface area contributed by atoms with E-state index < -0.39 is 0 Å². The summed E-state index contributed by atoms with van der Waals surface area (Å²) in [7, 11) is 2.97. The molecule has 1 unspecified atom stereocenters. The minimum Gasteiger partial charge on any atom is -0.497 e. The number of ether oxygens (including phenoxy) is 2. The number of esters is 1. The van der Waals surface area contributed by atoms with Crippen LogP contribution in [0.1, 0.15) is 49.4 Å². The van der Waals surface area contributed by atoms with Crippen molar-refractivity contribution in [3.63, 3.8) is 0 Å². The van der Waals surface area contributed by atoms with E-state index >= 15 is 0 Å². The number of rotatable bonds is 6. The number of amides is 1. The van der Waals surface area contributed by atoms with Gasteiger partial charge in [0.25, 0.3) is 5.91 Å². The Hall–Kier alpha value is -2.04. The van der Waals surface area contributed by atoms with Crippen molar-refractivity contribution in [3.8, 4) is 5.75 Å². The summed E-state index contributed by atoms with van der Waals surface area (Å²) in [5.74, 6) is -0.0113. The predicted molar refractivity (Wildman–Crippen MR) is 92.1 cm³/mol. The molecule has 0 saturated heterocycles. The zero-order valence-corrected chi connectivity index (χ0v) is 14.8. The highest BCUT2D eigenvalue weighted by Gasteiger charge is 2.29. The van der Waals surface area contributed by atoms with Crippen LogP contribution in [0.5, 0.6) is 5.75 Å². The Bertz CT molecular complexity index is 566. The molecule has 132 valence electrons. The number of methoxy groups -OCH3 is 2. The second-order valence-electron chi connectivity index (χ2n) is 6.41. The third-order valence-electron chi connectivity index (χ3n) is 4.67. The van der Waals surface area contributed by atoms with Crippen LogP contribution in [0.25, 0.3) is 0 Å². The molecule has 0 spiro atoms. The summed E-state index contributed by atoms with van der Waals surface area (Å²) in [6.07, 6.45) is 5.44. The average molecular weight is 333 g/mol. The van der Waals surface area contributed by atoms with Crippen LogP contribution >= 0.6 is 0 Å². The molecule has 0 heterocycles. The van der Waals surface area contributed by atoms with E-state index in [1.54, 1.807) is 26.2 Å². The Morgan fingerprint density at radius 1 is 1.21 bits per heavy atom. The van der Waals surface area contributed by atoms with Crippen LogP contribution in [-0.2, 0) is 9.53 Å². The van der Waals surface area contributed by atoms with E-state index in [9.17, 15) is 9.59 Å². The standard InChI is InChI=1S/C19H27NO4/c1-14(19(22)24-3)13-20(16-9-5-4-6-10-16)18(21)15-8-7-11-17(12-15)23-2/h7-8,11-12,14,16H,4-6,9-10,13H2,1-3H3. The monoisotopic (exact) mass is 333 g/mol. The van der Waals surface area contributed by atoms with Gasteiger partial charge in [-0.15, -0.1) is 0 Å². The summed E-state index contributed by atoms with van der Waals surface area (Å²) < 4.78 is 10.0. The predicted octanol–water partition coefficient (Wildman–Crippen LogP) is 3.28. The van der Waals surface area contributed by atoms with Gasteiger partial charge in [0, 0.05) is 18.2 Å². The summed E-state index contributed by atoms with van der Waals surface area (Å²) in [6.45, 7) is 2.19. The molecular formula is C19H27NO4. The second-order valence-corrected chi connectivity index (χ2v) is 6.41. The van der Waals surface area contributed by atoms with Gasteiger partial charge in [0.2, 0.25) is 0 Å². The highest BCUT2D eigenvalue weighted by molar-refractivity contribution is 5.95. The van der Waals surface area contributed by atoms with Crippen molar-refractivity contribution in [2.45, 2.75) is 45.1 Å². The molecule has 1 amide bonds. The maximum Gasteiger partial charge on any atom is 0.310 e. The van der Waals surface area contributed by atoms with Crippen LogP contribution in [0.2, 0.25) is 0 Å². The lowest BCUT2D eigenvalue weighted by molar-refractivity contribution is -0.145. The Balaban J connectivity index is 2.22. The summed E-state index contributed by atoms with van der Waals surface area (Å²) in [5, 5.41) is 0. The number of carbonyl (C=O) groups is 2. The Labute approximate surface area is 143 Å². The molecule has 1 aliphatic rings. The molecule has 1 saturated carbocycles. The van der Waals surface area contributed by atoms with E-state index in [2.05, 4.69) is 0 Å². The van der Waals surface area contributed by atoms with Gasteiger partial charge in [0.05, 0.1) is 20.1 Å². The molecule has 5 nitrogen and oxygen atoms in total. The first-order valence-corrected chi connectivity index (χ1v) is 8.59. The van der Waals surface area contributed by atoms with Crippen LogP contribution < -0.4 is 4.74 Å². The van der Waals surface area contributed by atoms with Gasteiger partial charge in [-0.25, -0.2) is 0 Å². The first-order chi connectivity index (χ1) is 11.6. The number of nitrogens with zero attached hydrogens (tertiary/aromatic N) is 1. The first-order valence-electron chi connectivity index (χ1n) is 8.59. The lowest BCUT2D eigenvalue weighted by Crippen LogP contribution is -2.45. The lowest BCUT2D eigenvalue weighted by Gasteiger charge is -2.35. The van der Waals surface area contributed by atoms with Crippen molar-refractivity contribution in [2.75, 3.05) is 20.8 Å². The first kappa shape index (κ1) is 18.3. The van der Waals surface area contributed by atoms with Crippen molar-refractivity contribution in [2.24, 2.45) is 5.92 Å². The molecule has 0 aliphatic heterocycles. The van der Waals surface area contributed by atoms with Gasteiger partial charge in [0.15, 0.2) is 0 Å². The Morgan fingerprint density at radius 3 is 2.54 bits per heavy atom. The van der Waals surface area contributed by atoms with Gasteiger partial charge >= 0.3 is 5.97 Å². The van der Waals surface area contributed by atoms with E-state index in [1.807, 2.05) is 17.0 Å². The molecule has 2 rings (SSSR count). The molecule has 5 heteroatoms. The van der Waals surface area contributed by atoms with Crippen LogP contribution in [0.15, 0.2) is 24.3 Å². The number of hydrogen-bond donors (Lipinski definition) is 0. The summed E-state index contributed by atoms with van der Waals surface area (Å²) in [5.41, 5.74) is 0.594. The smallest absolute Gasteiger partial charge is 0.310 e. The molecule has 1 aromatic carbocycles. The van der Waals surface area contributed by atoms with E-state index in [-0.39, 0.29) is 23.8 Å². The average Bonchev–Trinajstić information content (AvgIpc) is 2.65. The van der Waals surface area contributed by atoms with Crippen LogP contribution in [0, 0.1) is 5.92 Å². The molecule has 24 heavy (non-hydrogen) atoms. The zero-order chi connectivity index (χ0) is 17.5. The van der Waals surface area contributed by atoms with E-state index in [0.29, 0.717) is 17.9 Å². The molecule has 1 atom stereocenters. The molecule has 1 aromatic rings. The SMILES string of the molecule is COC(=O)C(C)CN(C(=O)c1cccc(OC)c1)C1CCCCC1. The quantitative estimate of drug-likeness (QED) is 0.750. The minimum absolute atomic E-state index is 0.0449. The fourth-order valence-electron chi connectivity index (χ4n) is 3.28. The highest BCUT2D eigenvalue weighted by Crippen LogP contribution is 2.26. The van der Waals surface area contributed by atoms with Crippen molar-refractivity contribution in [3.05, 3.63) is 29.8 Å². The van der Waals surface area contributed by atoms with E-state index in [1.165, 1.54) is 13.5 Å². The van der Waals surface area contributed by atoms with Crippen LogP contribution in [0.4, 0.5) is 0 Å². The molecule has 0 radical (unpaired) electrons. The summed E-state index contributed by atoms with van der Waals surface area (Å²) in [4.78, 5) is 26.7. The summed E-state index contributed by atoms with van der Waals surface area (Å²) >= 11 is 0. The Kier molecular flexibility index (Phi) is 6.64. The van der Waals surface area contributed by atoms with Gasteiger partial charge in [-0.05, 0) is 31.0 Å². The van der Waals surface area contributed by atoms with E-state index in [4.69, 9.17) is 9.47 Å². The highest BCUT2D eigenvalue weighted by atomic mass is 16.5. The second kappa shape index (κ2) is 8.71. The number of hydrogen-bond acceptors (Lipinski definition) is 4. The van der Waals surface area contributed by atoms with Crippen molar-refractivity contribution in [1.29, 1.82) is 0 Å². The fourth-order valence-corrected chi connectivity index (χ4v) is 3.28. The third-order valence-corrected chi connectivity index (χ3v) is 4.67. The number of benzene rings is 1. The molecule has 1 fully saturated rings. The van der Waals surface area contributed by atoms with Gasteiger partial charge < -0.3 is 14.4 Å². The van der Waals surface area contributed by atoms with Crippen LogP contribution in [0.3, 0.4) is 0 Å². The molecule has 1 aliphatic carbocycles. The molecule has 0 N–H and O–H groups in total. The Morgan fingerprint density at radius 2 is 1.92 bits per heavy atom. The van der Waals surface area contributed by atoms with Gasteiger partial charge in [-0.2, -0.15) is 0 Å². The maximum absolute atomic E-state index is 13.1. The van der Waals surface area contributed by atoms with Crippen molar-refractivity contribution in [1.82, 2.24) is 4.90 Å². The largest absolute Gasteiger partial charge is 0.497 e. The van der Waals surface area contributed by atoms with Crippen molar-refractivity contribution < 1.29 is 19.1 Å². The normalized spacial score (nSPS) is 16.3. The molecule has 0 bridgehead atoms. The number of carbonyl (C=O) groups excluding carboxylic acids is 2. The fraction of sp³-hybridized carbons (Fsp3) is 0.579. The third kappa shape index (κ3) is 4.49. The zero-order valence-electron chi connectivity index (χ0n) is 14.8. The molecular weight excluding hydrogens is 306 g/mol. The topological polar surface area (TPSA) is 55.8 Å². The maximum atomic E-state index is 13.1.